The van der Waals surface area contributed by atoms with Gasteiger partial charge in [0.25, 0.3) is 10.1 Å². The minimum atomic E-state index is -4.00. The Balaban J connectivity index is 0.000000402. The number of nitrogens with one attached hydrogen (secondary N) is 1. The first kappa shape index (κ1) is 29.5. The van der Waals surface area contributed by atoms with Gasteiger partial charge in [0.05, 0.1) is 4.90 Å². The van der Waals surface area contributed by atoms with Gasteiger partial charge in [-0.1, -0.05) is 78.9 Å². The van der Waals surface area contributed by atoms with Crippen molar-refractivity contribution in [3.05, 3.63) is 102 Å². The maximum absolute atomic E-state index is 12.4. The van der Waals surface area contributed by atoms with Gasteiger partial charge in [-0.3, -0.25) is 4.55 Å². The first-order chi connectivity index (χ1) is 17.8. The van der Waals surface area contributed by atoms with Crippen molar-refractivity contribution in [2.45, 2.75) is 43.4 Å². The molecule has 0 radical (unpaired) electrons. The van der Waals surface area contributed by atoms with Crippen molar-refractivity contribution in [1.82, 2.24) is 5.32 Å². The molecule has 0 aromatic heterocycles. The Morgan fingerprint density at radius 2 is 1.27 bits per heavy atom. The summed E-state index contributed by atoms with van der Waals surface area (Å²) < 4.78 is 39.8. The van der Waals surface area contributed by atoms with Gasteiger partial charge in [-0.25, -0.2) is 9.59 Å². The lowest BCUT2D eigenvalue weighted by Crippen LogP contribution is -2.42. The van der Waals surface area contributed by atoms with E-state index in [4.69, 9.17) is 19.8 Å². The van der Waals surface area contributed by atoms with Crippen LogP contribution in [-0.4, -0.2) is 37.6 Å². The molecule has 0 spiro atoms. The molecule has 0 fully saturated rings. The fraction of sp³-hybridized carbons (Fsp3) is 0.259. The van der Waals surface area contributed by atoms with Crippen LogP contribution in [0, 0.1) is 0 Å². The Bertz CT molecular complexity index is 1180. The average Bonchev–Trinajstić information content (AvgIpc) is 2.92. The van der Waals surface area contributed by atoms with Crippen LogP contribution in [0.15, 0.2) is 95.9 Å². The van der Waals surface area contributed by atoms with Gasteiger partial charge in [-0.05, 0) is 49.1 Å². The Morgan fingerprint density at radius 1 is 0.784 bits per heavy atom. The van der Waals surface area contributed by atoms with Crippen LogP contribution in [0.3, 0.4) is 0 Å². The van der Waals surface area contributed by atoms with Gasteiger partial charge >= 0.3 is 12.1 Å². The Hall–Kier alpha value is -3.73. The highest BCUT2D eigenvalue weighted by atomic mass is 32.2. The van der Waals surface area contributed by atoms with Gasteiger partial charge in [0.2, 0.25) is 0 Å². The van der Waals surface area contributed by atoms with E-state index in [0.29, 0.717) is 19.4 Å². The second-order valence-corrected chi connectivity index (χ2v) is 9.35. The largest absolute Gasteiger partial charge is 0.459 e. The highest BCUT2D eigenvalue weighted by Crippen LogP contribution is 2.08. The molecule has 0 aliphatic heterocycles. The third-order valence-electron chi connectivity index (χ3n) is 5.00. The van der Waals surface area contributed by atoms with Gasteiger partial charge < -0.3 is 20.5 Å². The van der Waals surface area contributed by atoms with Crippen molar-refractivity contribution < 1.29 is 32.0 Å². The molecule has 3 aromatic rings. The third kappa shape index (κ3) is 12.2. The molecule has 0 unspecified atom stereocenters. The molecule has 3 rings (SSSR count). The van der Waals surface area contributed by atoms with Gasteiger partial charge in [0.1, 0.15) is 19.3 Å². The van der Waals surface area contributed by atoms with Crippen LogP contribution >= 0.6 is 0 Å². The first-order valence-corrected chi connectivity index (χ1v) is 13.1. The molecular formula is C27H32N2O7S. The molecule has 0 saturated heterocycles. The molecule has 37 heavy (non-hydrogen) atoms. The van der Waals surface area contributed by atoms with Crippen LogP contribution in [0.5, 0.6) is 0 Å². The fourth-order valence-corrected chi connectivity index (χ4v) is 3.57. The summed E-state index contributed by atoms with van der Waals surface area (Å²) in [6, 6.07) is 25.4. The van der Waals surface area contributed by atoms with E-state index in [9.17, 15) is 18.0 Å². The summed E-state index contributed by atoms with van der Waals surface area (Å²) >= 11 is 0. The van der Waals surface area contributed by atoms with Crippen LogP contribution in [0.1, 0.15) is 30.4 Å². The molecule has 0 saturated carbocycles. The highest BCUT2D eigenvalue weighted by Gasteiger charge is 2.22. The average molecular weight is 529 g/mol. The number of hydrogen-bond acceptors (Lipinski definition) is 7. The molecule has 1 amide bonds. The standard InChI is InChI=1S/C21H26N2O4.C6H6O3S/c22-14-8-7-13-19(20(24)26-15-17-9-3-1-4-10-17)23-21(25)27-16-18-11-5-2-6-12-18;7-10(8,9)6-4-2-1-3-5-6/h1-6,9-12,19H,7-8,13-16,22H2,(H,23,25);1-5H,(H,7,8,9)/t19-;/m0./s1. The number of amides is 1. The van der Waals surface area contributed by atoms with Crippen molar-refractivity contribution in [3.8, 4) is 0 Å². The van der Waals surface area contributed by atoms with E-state index < -0.39 is 28.2 Å². The number of alkyl carbamates (subject to hydrolysis) is 1. The quantitative estimate of drug-likeness (QED) is 0.192. The Labute approximate surface area is 217 Å². The van der Waals surface area contributed by atoms with Crippen LogP contribution < -0.4 is 11.1 Å². The lowest BCUT2D eigenvalue weighted by Gasteiger charge is -2.17. The van der Waals surface area contributed by atoms with Crippen LogP contribution in [-0.2, 0) is 37.6 Å². The second-order valence-electron chi connectivity index (χ2n) is 7.92. The minimum absolute atomic E-state index is 0.0741. The summed E-state index contributed by atoms with van der Waals surface area (Å²) in [6.45, 7) is 0.833. The van der Waals surface area contributed by atoms with Gasteiger partial charge in [0.15, 0.2) is 0 Å². The fourth-order valence-electron chi connectivity index (χ4n) is 3.07. The highest BCUT2D eigenvalue weighted by molar-refractivity contribution is 7.85. The number of unbranched alkanes of at least 4 members (excludes halogenated alkanes) is 1. The van der Waals surface area contributed by atoms with Crippen molar-refractivity contribution in [2.24, 2.45) is 5.73 Å². The summed E-state index contributed by atoms with van der Waals surface area (Å²) in [5, 5.41) is 2.61. The molecule has 198 valence electrons. The monoisotopic (exact) mass is 528 g/mol. The molecule has 4 N–H and O–H groups in total. The zero-order valence-electron chi connectivity index (χ0n) is 20.4. The summed E-state index contributed by atoms with van der Waals surface area (Å²) in [7, 11) is -4.00. The van der Waals surface area contributed by atoms with Crippen molar-refractivity contribution in [1.29, 1.82) is 0 Å². The summed E-state index contributed by atoms with van der Waals surface area (Å²) in [5.41, 5.74) is 7.27. The first-order valence-electron chi connectivity index (χ1n) is 11.7. The van der Waals surface area contributed by atoms with E-state index in [-0.39, 0.29) is 18.1 Å². The molecule has 9 nitrogen and oxygen atoms in total. The summed E-state index contributed by atoms with van der Waals surface area (Å²) in [5.74, 6) is -0.479. The zero-order chi connectivity index (χ0) is 26.9. The van der Waals surface area contributed by atoms with E-state index in [1.165, 1.54) is 12.1 Å². The van der Waals surface area contributed by atoms with E-state index in [2.05, 4.69) is 5.32 Å². The van der Waals surface area contributed by atoms with Crippen LogP contribution in [0.4, 0.5) is 4.79 Å². The number of nitrogens with two attached hydrogens (primary N) is 1. The van der Waals surface area contributed by atoms with E-state index in [1.807, 2.05) is 60.7 Å². The molecule has 3 aromatic carbocycles. The van der Waals surface area contributed by atoms with Crippen molar-refractivity contribution in [2.75, 3.05) is 6.54 Å². The Morgan fingerprint density at radius 3 is 1.73 bits per heavy atom. The number of rotatable bonds is 11. The maximum atomic E-state index is 12.4. The molecule has 0 aliphatic carbocycles. The third-order valence-corrected chi connectivity index (χ3v) is 5.87. The number of hydrogen-bond donors (Lipinski definition) is 3. The second kappa shape index (κ2) is 16.1. The van der Waals surface area contributed by atoms with Crippen LogP contribution in [0.25, 0.3) is 0 Å². The van der Waals surface area contributed by atoms with Crippen molar-refractivity contribution in [3.63, 3.8) is 0 Å². The topological polar surface area (TPSA) is 145 Å². The SMILES string of the molecule is NCCCC[C@H](NC(=O)OCc1ccccc1)C(=O)OCc1ccccc1.O=S(=O)(O)c1ccccc1. The van der Waals surface area contributed by atoms with Gasteiger partial charge in [0, 0.05) is 0 Å². The maximum Gasteiger partial charge on any atom is 0.408 e. The number of ether oxygens (including phenoxy) is 2. The minimum Gasteiger partial charge on any atom is -0.459 e. The van der Waals surface area contributed by atoms with Gasteiger partial charge in [-0.2, -0.15) is 8.42 Å². The Kier molecular flexibility index (Phi) is 12.8. The number of esters is 1. The lowest BCUT2D eigenvalue weighted by atomic mass is 10.1. The summed E-state index contributed by atoms with van der Waals surface area (Å²) in [6.07, 6.45) is 1.28. The molecule has 10 heteroatoms. The number of benzene rings is 3. The molecule has 0 aliphatic rings. The van der Waals surface area contributed by atoms with E-state index in [0.717, 1.165) is 17.5 Å². The normalized spacial score (nSPS) is 11.4. The summed E-state index contributed by atoms with van der Waals surface area (Å²) in [4.78, 5) is 24.4. The van der Waals surface area contributed by atoms with E-state index >= 15 is 0 Å². The lowest BCUT2D eigenvalue weighted by molar-refractivity contribution is -0.147. The zero-order valence-corrected chi connectivity index (χ0v) is 21.2. The predicted octanol–water partition coefficient (Wildman–Crippen LogP) is 4.09. The number of carbonyl (C=O) groups excluding carboxylic acids is 2. The smallest absolute Gasteiger partial charge is 0.408 e. The van der Waals surface area contributed by atoms with Gasteiger partial charge in [-0.15, -0.1) is 0 Å². The van der Waals surface area contributed by atoms with Crippen LogP contribution in [0.2, 0.25) is 0 Å². The number of carbonyl (C=O) groups is 2. The molecule has 1 atom stereocenters. The predicted molar refractivity (Wildman–Crippen MR) is 139 cm³/mol. The molecule has 0 heterocycles. The molecular weight excluding hydrogens is 496 g/mol. The van der Waals surface area contributed by atoms with E-state index in [1.54, 1.807) is 18.2 Å². The van der Waals surface area contributed by atoms with Crippen molar-refractivity contribution >= 4 is 22.2 Å². The molecule has 0 bridgehead atoms.